The zero-order valence-corrected chi connectivity index (χ0v) is 18.2. The van der Waals surface area contributed by atoms with Crippen molar-refractivity contribution >= 4 is 56.8 Å². The molecule has 1 fully saturated rings. The van der Waals surface area contributed by atoms with Crippen molar-refractivity contribution in [2.24, 2.45) is 0 Å². The van der Waals surface area contributed by atoms with Crippen molar-refractivity contribution in [1.29, 1.82) is 0 Å². The average Bonchev–Trinajstić information content (AvgIpc) is 2.69. The maximum Gasteiger partial charge on any atom is 0.0246 e. The molecule has 3 aromatic carbocycles. The minimum absolute atomic E-state index is 1.05. The first-order valence-electron chi connectivity index (χ1n) is 9.77. The number of nitrogens with zero attached hydrogens (tertiary/aromatic N) is 1. The molecule has 4 rings (SSSR count). The van der Waals surface area contributed by atoms with Crippen molar-refractivity contribution in [3.8, 4) is 0 Å². The van der Waals surface area contributed by atoms with Crippen molar-refractivity contribution in [2.45, 2.75) is 6.54 Å². The van der Waals surface area contributed by atoms with Crippen LogP contribution < -0.4 is 0 Å². The van der Waals surface area contributed by atoms with E-state index in [4.69, 9.17) is 0 Å². The Labute approximate surface area is 175 Å². The van der Waals surface area contributed by atoms with Gasteiger partial charge in [0.2, 0.25) is 0 Å². The fraction of sp³-hybridized carbons (Fsp3) is 0.391. The van der Waals surface area contributed by atoms with E-state index in [1.165, 1.54) is 74.7 Å². The molecule has 0 N–H and O–H groups in total. The molecule has 1 aliphatic heterocycles. The molecular formula is C23H27NS3. The third kappa shape index (κ3) is 5.17. The molecule has 4 heteroatoms. The number of rotatable bonds is 2. The van der Waals surface area contributed by atoms with Crippen LogP contribution in [0.1, 0.15) is 5.56 Å². The lowest BCUT2D eigenvalue weighted by Crippen LogP contribution is -2.29. The average molecular weight is 414 g/mol. The van der Waals surface area contributed by atoms with Gasteiger partial charge in [0.25, 0.3) is 0 Å². The van der Waals surface area contributed by atoms with Gasteiger partial charge in [-0.1, -0.05) is 48.5 Å². The van der Waals surface area contributed by atoms with Gasteiger partial charge in [-0.15, -0.1) is 0 Å². The first-order valence-corrected chi connectivity index (χ1v) is 13.2. The Morgan fingerprint density at radius 2 is 1.11 bits per heavy atom. The molecule has 0 radical (unpaired) electrons. The van der Waals surface area contributed by atoms with Gasteiger partial charge in [-0.25, -0.2) is 0 Å². The van der Waals surface area contributed by atoms with Gasteiger partial charge < -0.3 is 0 Å². The Morgan fingerprint density at radius 3 is 1.67 bits per heavy atom. The predicted octanol–water partition coefficient (Wildman–Crippen LogP) is 6.01. The molecule has 1 saturated heterocycles. The van der Waals surface area contributed by atoms with Gasteiger partial charge in [0.05, 0.1) is 0 Å². The largest absolute Gasteiger partial charge is 0.297 e. The third-order valence-electron chi connectivity index (χ3n) is 5.11. The molecule has 0 aromatic heterocycles. The molecular weight excluding hydrogens is 386 g/mol. The molecule has 3 aromatic rings. The molecule has 0 unspecified atom stereocenters. The molecule has 1 nitrogen and oxygen atoms in total. The second-order valence-corrected chi connectivity index (χ2v) is 10.6. The van der Waals surface area contributed by atoms with Crippen LogP contribution in [0.4, 0.5) is 0 Å². The van der Waals surface area contributed by atoms with Crippen LogP contribution in [-0.2, 0) is 6.54 Å². The first-order chi connectivity index (χ1) is 13.4. The van der Waals surface area contributed by atoms with E-state index in [1.807, 2.05) is 0 Å². The highest BCUT2D eigenvalue weighted by atomic mass is 32.2. The highest BCUT2D eigenvalue weighted by molar-refractivity contribution is 8.04. The summed E-state index contributed by atoms with van der Waals surface area (Å²) < 4.78 is 0. The fourth-order valence-corrected chi connectivity index (χ4v) is 6.97. The lowest BCUT2D eigenvalue weighted by atomic mass is 9.96. The van der Waals surface area contributed by atoms with Crippen LogP contribution in [0, 0.1) is 0 Å². The Balaban J connectivity index is 1.62. The van der Waals surface area contributed by atoms with E-state index in [0.29, 0.717) is 0 Å². The maximum absolute atomic E-state index is 2.68. The zero-order valence-electron chi connectivity index (χ0n) is 15.7. The van der Waals surface area contributed by atoms with Crippen molar-refractivity contribution in [3.63, 3.8) is 0 Å². The van der Waals surface area contributed by atoms with Gasteiger partial charge >= 0.3 is 0 Å². The van der Waals surface area contributed by atoms with Crippen molar-refractivity contribution in [3.05, 3.63) is 60.2 Å². The number of hydrogen-bond acceptors (Lipinski definition) is 4. The number of hydrogen-bond donors (Lipinski definition) is 0. The van der Waals surface area contributed by atoms with Gasteiger partial charge in [0, 0.05) is 54.2 Å². The number of benzene rings is 3. The van der Waals surface area contributed by atoms with Crippen molar-refractivity contribution in [1.82, 2.24) is 4.90 Å². The molecule has 142 valence electrons. The Morgan fingerprint density at radius 1 is 0.630 bits per heavy atom. The molecule has 1 aliphatic rings. The summed E-state index contributed by atoms with van der Waals surface area (Å²) in [5.41, 5.74) is 1.50. The lowest BCUT2D eigenvalue weighted by molar-refractivity contribution is 0.303. The minimum Gasteiger partial charge on any atom is -0.297 e. The van der Waals surface area contributed by atoms with Crippen LogP contribution in [0.5, 0.6) is 0 Å². The molecule has 27 heavy (non-hydrogen) atoms. The molecule has 0 bridgehead atoms. The monoisotopic (exact) mass is 413 g/mol. The van der Waals surface area contributed by atoms with Crippen molar-refractivity contribution in [2.75, 3.05) is 47.6 Å². The summed E-state index contributed by atoms with van der Waals surface area (Å²) in [6.07, 6.45) is 0. The number of fused-ring (bicyclic) bond motifs is 2. The molecule has 0 amide bonds. The summed E-state index contributed by atoms with van der Waals surface area (Å²) in [4.78, 5) is 2.68. The Hall–Kier alpha value is -0.810. The Kier molecular flexibility index (Phi) is 7.30. The van der Waals surface area contributed by atoms with Gasteiger partial charge in [-0.05, 0) is 33.2 Å². The van der Waals surface area contributed by atoms with E-state index in [2.05, 4.69) is 94.8 Å². The highest BCUT2D eigenvalue weighted by Crippen LogP contribution is 2.29. The molecule has 0 saturated carbocycles. The summed E-state index contributed by atoms with van der Waals surface area (Å²) in [5.74, 6) is 7.68. The van der Waals surface area contributed by atoms with Crippen LogP contribution in [-0.4, -0.2) is 52.5 Å². The highest BCUT2D eigenvalue weighted by Gasteiger charge is 2.13. The molecule has 0 aliphatic carbocycles. The predicted molar refractivity (Wildman–Crippen MR) is 129 cm³/mol. The molecule has 0 atom stereocenters. The Bertz CT molecular complexity index is 814. The normalized spacial score (nSPS) is 18.2. The van der Waals surface area contributed by atoms with E-state index in [1.54, 1.807) is 0 Å². The molecule has 0 spiro atoms. The van der Waals surface area contributed by atoms with Crippen LogP contribution in [0.2, 0.25) is 0 Å². The van der Waals surface area contributed by atoms with Crippen LogP contribution >= 0.6 is 35.3 Å². The summed E-state index contributed by atoms with van der Waals surface area (Å²) in [7, 11) is 0. The van der Waals surface area contributed by atoms with Crippen LogP contribution in [0.25, 0.3) is 21.5 Å². The van der Waals surface area contributed by atoms with E-state index < -0.39 is 0 Å². The summed E-state index contributed by atoms with van der Waals surface area (Å²) in [5, 5.41) is 5.56. The third-order valence-corrected chi connectivity index (χ3v) is 8.54. The topological polar surface area (TPSA) is 3.24 Å². The summed E-state index contributed by atoms with van der Waals surface area (Å²) in [6, 6.07) is 20.1. The van der Waals surface area contributed by atoms with Gasteiger partial charge in [0.1, 0.15) is 0 Å². The van der Waals surface area contributed by atoms with E-state index >= 15 is 0 Å². The maximum atomic E-state index is 2.68. The quantitative estimate of drug-likeness (QED) is 0.473. The van der Waals surface area contributed by atoms with Gasteiger partial charge in [0.15, 0.2) is 0 Å². The van der Waals surface area contributed by atoms with Crippen molar-refractivity contribution < 1.29 is 0 Å². The standard InChI is InChI=1S/C23H27NS3/c1-3-7-21-19(5-1)17-20-6-2-4-8-22(20)23(21)18-24-9-11-25-13-15-27-16-14-26-12-10-24/h1-8,17H,9-16,18H2. The lowest BCUT2D eigenvalue weighted by Gasteiger charge is -2.24. The minimum atomic E-state index is 1.05. The first kappa shape index (κ1) is 19.5. The van der Waals surface area contributed by atoms with Gasteiger partial charge in [-0.2, -0.15) is 35.3 Å². The van der Waals surface area contributed by atoms with E-state index in [9.17, 15) is 0 Å². The van der Waals surface area contributed by atoms with E-state index in [0.717, 1.165) is 6.54 Å². The molecule has 1 heterocycles. The smallest absolute Gasteiger partial charge is 0.0246 e. The summed E-state index contributed by atoms with van der Waals surface area (Å²) in [6.45, 7) is 3.43. The van der Waals surface area contributed by atoms with Crippen LogP contribution in [0.15, 0.2) is 54.6 Å². The fourth-order valence-electron chi connectivity index (χ4n) is 3.70. The second-order valence-electron chi connectivity index (χ2n) is 6.91. The SMILES string of the molecule is c1ccc2c(CN3CCSCCSCCSCC3)c3ccccc3cc2c1. The number of thioether (sulfide) groups is 3. The van der Waals surface area contributed by atoms with Crippen LogP contribution in [0.3, 0.4) is 0 Å². The zero-order chi connectivity index (χ0) is 18.3. The van der Waals surface area contributed by atoms with Gasteiger partial charge in [-0.3, -0.25) is 4.90 Å². The van der Waals surface area contributed by atoms with E-state index in [-0.39, 0.29) is 0 Å². The second kappa shape index (κ2) is 10.1. The summed E-state index contributed by atoms with van der Waals surface area (Å²) >= 11 is 6.36.